The van der Waals surface area contributed by atoms with Gasteiger partial charge in [-0.2, -0.15) is 5.10 Å². The van der Waals surface area contributed by atoms with Crippen molar-refractivity contribution in [3.63, 3.8) is 0 Å². The molecule has 136 valence electrons. The molecule has 0 saturated carbocycles. The van der Waals surface area contributed by atoms with Gasteiger partial charge in [0.1, 0.15) is 12.4 Å². The van der Waals surface area contributed by atoms with Gasteiger partial charge >= 0.3 is 5.69 Å². The number of rotatable bonds is 4. The van der Waals surface area contributed by atoms with E-state index in [9.17, 15) is 9.59 Å². The second-order valence-electron chi connectivity index (χ2n) is 6.79. The standard InChI is InChI=1S/C19H23N5O2/c1-2-24-18(20-21-19(24)26)15-8-10-22(11-9-15)17(25)13-23-12-7-14-5-3-4-6-16(14)23/h3-7,12,15H,2,8-11,13H2,1H3,(H,21,26). The summed E-state index contributed by atoms with van der Waals surface area (Å²) < 4.78 is 3.69. The number of amides is 1. The number of carbonyl (C=O) groups is 1. The zero-order chi connectivity index (χ0) is 18.1. The van der Waals surface area contributed by atoms with Crippen molar-refractivity contribution in [2.24, 2.45) is 0 Å². The number of piperidine rings is 1. The highest BCUT2D eigenvalue weighted by molar-refractivity contribution is 5.83. The fraction of sp³-hybridized carbons (Fsp3) is 0.421. The molecule has 0 aliphatic carbocycles. The van der Waals surface area contributed by atoms with Crippen molar-refractivity contribution >= 4 is 16.8 Å². The second-order valence-corrected chi connectivity index (χ2v) is 6.79. The Kier molecular flexibility index (Phi) is 4.36. The maximum Gasteiger partial charge on any atom is 0.343 e. The highest BCUT2D eigenvalue weighted by atomic mass is 16.2. The number of benzene rings is 1. The Balaban J connectivity index is 1.41. The largest absolute Gasteiger partial charge is 0.343 e. The number of likely N-dealkylation sites (tertiary alicyclic amines) is 1. The minimum atomic E-state index is -0.152. The predicted octanol–water partition coefficient (Wildman–Crippen LogP) is 1.95. The molecule has 0 atom stereocenters. The molecule has 1 fully saturated rings. The van der Waals surface area contributed by atoms with Gasteiger partial charge in [0.05, 0.1) is 0 Å². The fourth-order valence-corrected chi connectivity index (χ4v) is 3.86. The van der Waals surface area contributed by atoms with Gasteiger partial charge in [-0.1, -0.05) is 18.2 Å². The number of para-hydroxylation sites is 1. The third kappa shape index (κ3) is 2.94. The van der Waals surface area contributed by atoms with Crippen LogP contribution in [-0.2, 0) is 17.9 Å². The highest BCUT2D eigenvalue weighted by Crippen LogP contribution is 2.26. The molecule has 0 spiro atoms. The topological polar surface area (TPSA) is 75.9 Å². The van der Waals surface area contributed by atoms with Crippen LogP contribution in [0.15, 0.2) is 41.3 Å². The van der Waals surface area contributed by atoms with E-state index in [1.807, 2.05) is 46.9 Å². The first-order valence-corrected chi connectivity index (χ1v) is 9.14. The Bertz CT molecular complexity index is 975. The molecule has 0 bridgehead atoms. The van der Waals surface area contributed by atoms with E-state index < -0.39 is 0 Å². The van der Waals surface area contributed by atoms with Gasteiger partial charge in [-0.05, 0) is 37.3 Å². The van der Waals surface area contributed by atoms with Gasteiger partial charge in [0.15, 0.2) is 0 Å². The van der Waals surface area contributed by atoms with Crippen LogP contribution in [0.25, 0.3) is 10.9 Å². The zero-order valence-corrected chi connectivity index (χ0v) is 14.9. The number of H-pyrrole nitrogens is 1. The van der Waals surface area contributed by atoms with Crippen LogP contribution >= 0.6 is 0 Å². The Morgan fingerprint density at radius 3 is 2.77 bits per heavy atom. The third-order valence-corrected chi connectivity index (χ3v) is 5.30. The van der Waals surface area contributed by atoms with Crippen molar-refractivity contribution in [2.45, 2.75) is 38.8 Å². The summed E-state index contributed by atoms with van der Waals surface area (Å²) in [4.78, 5) is 26.4. The van der Waals surface area contributed by atoms with Crippen molar-refractivity contribution < 1.29 is 4.79 Å². The lowest BCUT2D eigenvalue weighted by Crippen LogP contribution is -2.40. The van der Waals surface area contributed by atoms with Gasteiger partial charge in [-0.3, -0.25) is 9.36 Å². The monoisotopic (exact) mass is 353 g/mol. The number of carbonyl (C=O) groups excluding carboxylic acids is 1. The lowest BCUT2D eigenvalue weighted by molar-refractivity contribution is -0.132. The van der Waals surface area contributed by atoms with E-state index in [0.29, 0.717) is 26.2 Å². The Morgan fingerprint density at radius 2 is 2.00 bits per heavy atom. The first-order chi connectivity index (χ1) is 12.7. The molecule has 26 heavy (non-hydrogen) atoms. The van der Waals surface area contributed by atoms with Gasteiger partial charge in [0.2, 0.25) is 5.91 Å². The quantitative estimate of drug-likeness (QED) is 0.779. The minimum absolute atomic E-state index is 0.139. The van der Waals surface area contributed by atoms with Crippen molar-refractivity contribution in [3.05, 3.63) is 52.8 Å². The molecule has 1 aliphatic rings. The molecule has 1 aromatic carbocycles. The summed E-state index contributed by atoms with van der Waals surface area (Å²) >= 11 is 0. The van der Waals surface area contributed by atoms with E-state index in [1.54, 1.807) is 4.57 Å². The molecule has 1 amide bonds. The van der Waals surface area contributed by atoms with Crippen LogP contribution in [0.3, 0.4) is 0 Å². The lowest BCUT2D eigenvalue weighted by Gasteiger charge is -2.31. The van der Waals surface area contributed by atoms with Gasteiger partial charge in [0.25, 0.3) is 0 Å². The van der Waals surface area contributed by atoms with Gasteiger partial charge in [-0.25, -0.2) is 9.89 Å². The molecule has 1 saturated heterocycles. The Morgan fingerprint density at radius 1 is 1.23 bits per heavy atom. The smallest absolute Gasteiger partial charge is 0.341 e. The molecule has 2 aromatic heterocycles. The maximum absolute atomic E-state index is 12.7. The molecule has 3 aromatic rings. The first kappa shape index (κ1) is 16.6. The van der Waals surface area contributed by atoms with Crippen molar-refractivity contribution in [1.29, 1.82) is 0 Å². The second kappa shape index (κ2) is 6.82. The highest BCUT2D eigenvalue weighted by Gasteiger charge is 2.27. The third-order valence-electron chi connectivity index (χ3n) is 5.30. The number of nitrogens with one attached hydrogen (secondary N) is 1. The molecular formula is C19H23N5O2. The van der Waals surface area contributed by atoms with E-state index in [0.717, 1.165) is 29.6 Å². The predicted molar refractivity (Wildman–Crippen MR) is 99.0 cm³/mol. The maximum atomic E-state index is 12.7. The molecule has 1 aliphatic heterocycles. The van der Waals surface area contributed by atoms with Crippen LogP contribution < -0.4 is 5.69 Å². The Labute approximate surface area is 151 Å². The number of hydrogen-bond acceptors (Lipinski definition) is 3. The van der Waals surface area contributed by atoms with E-state index in [1.165, 1.54) is 0 Å². The van der Waals surface area contributed by atoms with Crippen LogP contribution in [0.2, 0.25) is 0 Å². The molecular weight excluding hydrogens is 330 g/mol. The summed E-state index contributed by atoms with van der Waals surface area (Å²) in [6.07, 6.45) is 3.64. The average Bonchev–Trinajstić information content (AvgIpc) is 3.25. The fourth-order valence-electron chi connectivity index (χ4n) is 3.86. The minimum Gasteiger partial charge on any atom is -0.341 e. The SMILES string of the molecule is CCn1c(C2CCN(C(=O)Cn3ccc4ccccc43)CC2)n[nH]c1=O. The number of hydrogen-bond donors (Lipinski definition) is 1. The number of nitrogens with zero attached hydrogens (tertiary/aromatic N) is 4. The number of aromatic amines is 1. The van der Waals surface area contributed by atoms with Crippen LogP contribution in [0.1, 0.15) is 31.5 Å². The van der Waals surface area contributed by atoms with E-state index in [4.69, 9.17) is 0 Å². The zero-order valence-electron chi connectivity index (χ0n) is 14.9. The molecule has 7 heteroatoms. The summed E-state index contributed by atoms with van der Waals surface area (Å²) in [6, 6.07) is 10.1. The van der Waals surface area contributed by atoms with Crippen LogP contribution in [-0.4, -0.2) is 43.2 Å². The summed E-state index contributed by atoms with van der Waals surface area (Å²) in [7, 11) is 0. The molecule has 7 nitrogen and oxygen atoms in total. The lowest BCUT2D eigenvalue weighted by atomic mass is 9.96. The Hall–Kier alpha value is -2.83. The normalized spacial score (nSPS) is 15.7. The molecule has 4 rings (SSSR count). The molecule has 0 unspecified atom stereocenters. The van der Waals surface area contributed by atoms with Crippen LogP contribution in [0.4, 0.5) is 0 Å². The van der Waals surface area contributed by atoms with Crippen LogP contribution in [0, 0.1) is 0 Å². The van der Waals surface area contributed by atoms with Crippen molar-refractivity contribution in [3.8, 4) is 0 Å². The van der Waals surface area contributed by atoms with E-state index in [-0.39, 0.29) is 17.5 Å². The van der Waals surface area contributed by atoms with Gasteiger partial charge < -0.3 is 9.47 Å². The summed E-state index contributed by atoms with van der Waals surface area (Å²) in [5.41, 5.74) is 0.930. The van der Waals surface area contributed by atoms with E-state index >= 15 is 0 Å². The molecule has 0 radical (unpaired) electrons. The van der Waals surface area contributed by atoms with Gasteiger partial charge in [-0.15, -0.1) is 0 Å². The average molecular weight is 353 g/mol. The summed E-state index contributed by atoms with van der Waals surface area (Å²) in [5.74, 6) is 1.19. The molecule has 1 N–H and O–H groups in total. The van der Waals surface area contributed by atoms with Crippen molar-refractivity contribution in [2.75, 3.05) is 13.1 Å². The first-order valence-electron chi connectivity index (χ1n) is 9.14. The molecule has 3 heterocycles. The van der Waals surface area contributed by atoms with Crippen LogP contribution in [0.5, 0.6) is 0 Å². The summed E-state index contributed by atoms with van der Waals surface area (Å²) in [6.45, 7) is 4.33. The number of aromatic nitrogens is 4. The van der Waals surface area contributed by atoms with E-state index in [2.05, 4.69) is 16.3 Å². The van der Waals surface area contributed by atoms with Crippen molar-refractivity contribution in [1.82, 2.24) is 24.2 Å². The summed E-state index contributed by atoms with van der Waals surface area (Å²) in [5, 5.41) is 7.88. The number of fused-ring (bicyclic) bond motifs is 1. The van der Waals surface area contributed by atoms with Gasteiger partial charge in [0, 0.05) is 37.3 Å².